The molecule has 2 aliphatic rings. The van der Waals surface area contributed by atoms with E-state index in [-0.39, 0.29) is 23.7 Å². The molecule has 138 valence electrons. The Hall–Kier alpha value is -1.75. The number of hydrogen-bond acceptors (Lipinski definition) is 7. The molecule has 0 atom stereocenters. The molecular weight excluding hydrogens is 348 g/mol. The summed E-state index contributed by atoms with van der Waals surface area (Å²) in [4.78, 5) is 10.8. The molecule has 2 aliphatic heterocycles. The first-order chi connectivity index (χ1) is 12.0. The number of nitrogens with zero attached hydrogens (tertiary/aromatic N) is 3. The second-order valence-electron chi connectivity index (χ2n) is 6.11. The van der Waals surface area contributed by atoms with Gasteiger partial charge in [0.2, 0.25) is 10.0 Å². The van der Waals surface area contributed by atoms with E-state index in [0.29, 0.717) is 18.9 Å². The van der Waals surface area contributed by atoms with E-state index >= 15 is 0 Å². The van der Waals surface area contributed by atoms with Gasteiger partial charge in [-0.25, -0.2) is 13.4 Å². The number of ether oxygens (including phenoxy) is 1. The van der Waals surface area contributed by atoms with Crippen LogP contribution in [-0.2, 0) is 14.8 Å². The first-order valence-corrected chi connectivity index (χ1v) is 9.80. The molecule has 2 fully saturated rings. The van der Waals surface area contributed by atoms with Crippen LogP contribution >= 0.6 is 0 Å². The van der Waals surface area contributed by atoms with Crippen molar-refractivity contribution in [2.24, 2.45) is 0 Å². The Balaban J connectivity index is 1.86. The summed E-state index contributed by atoms with van der Waals surface area (Å²) in [5, 5.41) is 13.4. The Morgan fingerprint density at radius 3 is 2.40 bits per heavy atom. The van der Waals surface area contributed by atoms with Crippen molar-refractivity contribution in [3.05, 3.63) is 28.3 Å². The van der Waals surface area contributed by atoms with E-state index in [4.69, 9.17) is 4.74 Å². The number of nitrogens with one attached hydrogen (secondary N) is 1. The fraction of sp³-hybridized carbons (Fsp3) is 0.600. The number of hydrogen-bond donors (Lipinski definition) is 1. The lowest BCUT2D eigenvalue weighted by molar-refractivity contribution is -0.384. The van der Waals surface area contributed by atoms with Gasteiger partial charge in [0.1, 0.15) is 5.69 Å². The molecule has 0 amide bonds. The van der Waals surface area contributed by atoms with Crippen molar-refractivity contribution in [1.82, 2.24) is 9.31 Å². The third-order valence-electron chi connectivity index (χ3n) is 4.41. The molecule has 2 heterocycles. The molecule has 0 radical (unpaired) electrons. The topological polar surface area (TPSA) is 105 Å². The van der Waals surface area contributed by atoms with Crippen LogP contribution in [0.4, 0.5) is 11.4 Å². The van der Waals surface area contributed by atoms with Gasteiger partial charge in [0.05, 0.1) is 23.0 Å². The molecule has 1 aromatic rings. The minimum atomic E-state index is -3.76. The van der Waals surface area contributed by atoms with Gasteiger partial charge in [-0.05, 0) is 25.0 Å². The summed E-state index contributed by atoms with van der Waals surface area (Å²) >= 11 is 0. The van der Waals surface area contributed by atoms with Crippen molar-refractivity contribution >= 4 is 21.4 Å². The molecule has 3 rings (SSSR count). The summed E-state index contributed by atoms with van der Waals surface area (Å²) in [6.45, 7) is 2.79. The van der Waals surface area contributed by atoms with Gasteiger partial charge in [-0.1, -0.05) is 6.42 Å². The Kier molecular flexibility index (Phi) is 5.52. The smallest absolute Gasteiger partial charge is 0.295 e. The van der Waals surface area contributed by atoms with Gasteiger partial charge >= 0.3 is 0 Å². The van der Waals surface area contributed by atoms with Gasteiger partial charge in [0.25, 0.3) is 5.69 Å². The second-order valence-corrected chi connectivity index (χ2v) is 8.05. The Morgan fingerprint density at radius 2 is 1.76 bits per heavy atom. The lowest BCUT2D eigenvalue weighted by atomic mass is 10.2. The summed E-state index contributed by atoms with van der Waals surface area (Å²) in [6, 6.07) is 4.03. The van der Waals surface area contributed by atoms with Crippen LogP contribution in [0.5, 0.6) is 0 Å². The molecular formula is C15H22N4O5S. The highest BCUT2D eigenvalue weighted by Gasteiger charge is 2.29. The highest BCUT2D eigenvalue weighted by atomic mass is 32.2. The monoisotopic (exact) mass is 370 g/mol. The van der Waals surface area contributed by atoms with E-state index in [1.807, 2.05) is 5.01 Å². The Morgan fingerprint density at radius 1 is 1.08 bits per heavy atom. The number of nitro benzene ring substituents is 1. The molecule has 0 aromatic heterocycles. The maximum absolute atomic E-state index is 12.7. The van der Waals surface area contributed by atoms with Gasteiger partial charge in [-0.2, -0.15) is 4.31 Å². The molecule has 2 saturated heterocycles. The third-order valence-corrected chi connectivity index (χ3v) is 6.30. The number of hydrazine groups is 1. The molecule has 0 aliphatic carbocycles. The minimum absolute atomic E-state index is 0.0645. The molecule has 9 nitrogen and oxygen atoms in total. The largest absolute Gasteiger partial charge is 0.379 e. The number of sulfonamides is 1. The SMILES string of the molecule is O=[N+]([O-])c1cc(S(=O)(=O)N2CCOCC2)ccc1NN1CCCCC1. The van der Waals surface area contributed by atoms with Crippen molar-refractivity contribution in [3.63, 3.8) is 0 Å². The number of benzene rings is 1. The van der Waals surface area contributed by atoms with E-state index in [1.165, 1.54) is 16.4 Å². The average molecular weight is 370 g/mol. The van der Waals surface area contributed by atoms with Crippen LogP contribution in [0.3, 0.4) is 0 Å². The lowest BCUT2D eigenvalue weighted by Crippen LogP contribution is -2.40. The van der Waals surface area contributed by atoms with Crippen molar-refractivity contribution in [1.29, 1.82) is 0 Å². The Bertz CT molecular complexity index is 727. The predicted molar refractivity (Wildman–Crippen MR) is 91.7 cm³/mol. The number of morpholine rings is 1. The van der Waals surface area contributed by atoms with Gasteiger partial charge in [-0.15, -0.1) is 0 Å². The average Bonchev–Trinajstić information content (AvgIpc) is 2.63. The van der Waals surface area contributed by atoms with Crippen LogP contribution in [0.2, 0.25) is 0 Å². The van der Waals surface area contributed by atoms with Crippen molar-refractivity contribution in [2.45, 2.75) is 24.2 Å². The normalized spacial score (nSPS) is 20.3. The van der Waals surface area contributed by atoms with Crippen LogP contribution < -0.4 is 5.43 Å². The molecule has 1 N–H and O–H groups in total. The molecule has 0 saturated carbocycles. The molecule has 0 unspecified atom stereocenters. The molecule has 0 spiro atoms. The zero-order chi connectivity index (χ0) is 17.9. The summed E-state index contributed by atoms with van der Waals surface area (Å²) in [7, 11) is -3.76. The highest BCUT2D eigenvalue weighted by molar-refractivity contribution is 7.89. The molecule has 25 heavy (non-hydrogen) atoms. The van der Waals surface area contributed by atoms with Crippen LogP contribution in [-0.4, -0.2) is 62.0 Å². The second kappa shape index (κ2) is 7.65. The van der Waals surface area contributed by atoms with E-state index in [0.717, 1.165) is 38.4 Å². The van der Waals surface area contributed by atoms with Crippen molar-refractivity contribution in [3.8, 4) is 0 Å². The molecule has 10 heteroatoms. The summed E-state index contributed by atoms with van der Waals surface area (Å²) in [5.41, 5.74) is 3.13. The number of piperidine rings is 1. The summed E-state index contributed by atoms with van der Waals surface area (Å²) in [6.07, 6.45) is 3.21. The zero-order valence-electron chi connectivity index (χ0n) is 13.9. The quantitative estimate of drug-likeness (QED) is 0.617. The van der Waals surface area contributed by atoms with E-state index in [2.05, 4.69) is 5.43 Å². The van der Waals surface area contributed by atoms with Gasteiger partial charge < -0.3 is 10.2 Å². The van der Waals surface area contributed by atoms with Crippen LogP contribution in [0, 0.1) is 10.1 Å². The van der Waals surface area contributed by atoms with Gasteiger partial charge in [-0.3, -0.25) is 10.1 Å². The van der Waals surface area contributed by atoms with E-state index in [9.17, 15) is 18.5 Å². The van der Waals surface area contributed by atoms with Gasteiger partial charge in [0, 0.05) is 32.2 Å². The lowest BCUT2D eigenvalue weighted by Gasteiger charge is -2.28. The van der Waals surface area contributed by atoms with E-state index < -0.39 is 14.9 Å². The van der Waals surface area contributed by atoms with E-state index in [1.54, 1.807) is 0 Å². The fourth-order valence-electron chi connectivity index (χ4n) is 3.03. The number of anilines is 1. The maximum Gasteiger partial charge on any atom is 0.295 e. The van der Waals surface area contributed by atoms with Gasteiger partial charge in [0.15, 0.2) is 0 Å². The zero-order valence-corrected chi connectivity index (χ0v) is 14.7. The molecule has 1 aromatic carbocycles. The summed E-state index contributed by atoms with van der Waals surface area (Å²) < 4.78 is 31.8. The van der Waals surface area contributed by atoms with Crippen LogP contribution in [0.15, 0.2) is 23.1 Å². The molecule has 0 bridgehead atoms. The maximum atomic E-state index is 12.7. The Labute approximate surface area is 146 Å². The van der Waals surface area contributed by atoms with Crippen LogP contribution in [0.25, 0.3) is 0 Å². The standard InChI is InChI=1S/C15H22N4O5S/c20-19(21)15-12-13(25(22,23)18-8-10-24-11-9-18)4-5-14(15)16-17-6-2-1-3-7-17/h4-5,12,16H,1-3,6-11H2. The first kappa shape index (κ1) is 18.1. The summed E-state index contributed by atoms with van der Waals surface area (Å²) in [5.74, 6) is 0. The predicted octanol–water partition coefficient (Wildman–Crippen LogP) is 1.43. The highest BCUT2D eigenvalue weighted by Crippen LogP contribution is 2.30. The van der Waals surface area contributed by atoms with Crippen molar-refractivity contribution < 1.29 is 18.1 Å². The number of nitro groups is 1. The minimum Gasteiger partial charge on any atom is -0.379 e. The van der Waals surface area contributed by atoms with Crippen LogP contribution in [0.1, 0.15) is 19.3 Å². The fourth-order valence-corrected chi connectivity index (χ4v) is 4.46. The third kappa shape index (κ3) is 4.09. The first-order valence-electron chi connectivity index (χ1n) is 8.36. The van der Waals surface area contributed by atoms with Crippen molar-refractivity contribution in [2.75, 3.05) is 44.8 Å². The number of rotatable bonds is 5.